The summed E-state index contributed by atoms with van der Waals surface area (Å²) in [6.45, 7) is 1.68. The van der Waals surface area contributed by atoms with Crippen molar-refractivity contribution in [2.75, 3.05) is 0 Å². The second-order valence-corrected chi connectivity index (χ2v) is 4.59. The third kappa shape index (κ3) is 2.18. The fourth-order valence-corrected chi connectivity index (χ4v) is 1.90. The van der Waals surface area contributed by atoms with Gasteiger partial charge < -0.3 is 0 Å². The number of hydrogen-bond donors (Lipinski definition) is 0. The van der Waals surface area contributed by atoms with Gasteiger partial charge in [0.15, 0.2) is 5.82 Å². The van der Waals surface area contributed by atoms with Crippen molar-refractivity contribution in [1.82, 2.24) is 4.98 Å². The lowest BCUT2D eigenvalue weighted by atomic mass is 10.0. The van der Waals surface area contributed by atoms with Crippen molar-refractivity contribution in [2.45, 2.75) is 6.92 Å². The summed E-state index contributed by atoms with van der Waals surface area (Å²) in [7, 11) is 0. The zero-order valence-corrected chi connectivity index (χ0v) is 11.0. The molecule has 1 aromatic heterocycles. The Morgan fingerprint density at radius 1 is 1.28 bits per heavy atom. The van der Waals surface area contributed by atoms with E-state index in [9.17, 15) is 13.6 Å². The molecule has 92 valence electrons. The Hall–Kier alpha value is -1.62. The fraction of sp³-hybridized carbons (Fsp3) is 0.0769. The van der Waals surface area contributed by atoms with Gasteiger partial charge in [0.2, 0.25) is 5.78 Å². The number of rotatable bonds is 2. The van der Waals surface area contributed by atoms with Crippen LogP contribution in [0.3, 0.4) is 0 Å². The first-order valence-electron chi connectivity index (χ1n) is 5.11. The van der Waals surface area contributed by atoms with Crippen molar-refractivity contribution < 1.29 is 13.6 Å². The van der Waals surface area contributed by atoms with E-state index in [1.807, 2.05) is 0 Å². The van der Waals surface area contributed by atoms with E-state index >= 15 is 0 Å². The molecule has 0 amide bonds. The van der Waals surface area contributed by atoms with Crippen LogP contribution in [-0.2, 0) is 0 Å². The summed E-state index contributed by atoms with van der Waals surface area (Å²) in [6.07, 6.45) is 2.82. The molecule has 5 heteroatoms. The molecule has 0 aliphatic heterocycles. The first-order valence-corrected chi connectivity index (χ1v) is 5.90. The summed E-state index contributed by atoms with van der Waals surface area (Å²) in [5.74, 6) is -2.50. The summed E-state index contributed by atoms with van der Waals surface area (Å²) in [5, 5.41) is 0. The standard InChI is InChI=1S/C13H8BrF2NO/c1-7-4-5-17-6-8(7)13(18)11-10(15)3-2-9(14)12(11)16/h2-6H,1H3. The molecule has 0 aliphatic rings. The molecule has 1 heterocycles. The number of carbonyl (C=O) groups is 1. The van der Waals surface area contributed by atoms with Crippen LogP contribution in [0.15, 0.2) is 35.1 Å². The van der Waals surface area contributed by atoms with Crippen molar-refractivity contribution in [3.8, 4) is 0 Å². The SMILES string of the molecule is Cc1ccncc1C(=O)c1c(F)ccc(Br)c1F. The van der Waals surface area contributed by atoms with Gasteiger partial charge in [-0.05, 0) is 46.6 Å². The van der Waals surface area contributed by atoms with Gasteiger partial charge in [-0.2, -0.15) is 0 Å². The number of halogens is 3. The molecule has 2 nitrogen and oxygen atoms in total. The minimum absolute atomic E-state index is 0.0498. The van der Waals surface area contributed by atoms with Crippen LogP contribution in [0.25, 0.3) is 0 Å². The first-order chi connectivity index (χ1) is 8.52. The minimum Gasteiger partial charge on any atom is -0.288 e. The summed E-state index contributed by atoms with van der Waals surface area (Å²) in [4.78, 5) is 15.9. The highest BCUT2D eigenvalue weighted by atomic mass is 79.9. The molecule has 0 N–H and O–H groups in total. The summed E-state index contributed by atoms with van der Waals surface area (Å²) >= 11 is 2.93. The van der Waals surface area contributed by atoms with Gasteiger partial charge in [0.05, 0.1) is 10.0 Å². The molecule has 2 aromatic rings. The number of carbonyl (C=O) groups excluding carboxylic acids is 1. The Morgan fingerprint density at radius 3 is 2.67 bits per heavy atom. The van der Waals surface area contributed by atoms with Crippen molar-refractivity contribution in [3.05, 3.63) is 63.4 Å². The minimum atomic E-state index is -0.900. The van der Waals surface area contributed by atoms with Gasteiger partial charge in [-0.3, -0.25) is 9.78 Å². The van der Waals surface area contributed by atoms with Crippen LogP contribution < -0.4 is 0 Å². The van der Waals surface area contributed by atoms with Gasteiger partial charge in [0.1, 0.15) is 5.82 Å². The maximum absolute atomic E-state index is 13.8. The molecule has 2 rings (SSSR count). The molecule has 0 atom stereocenters. The molecular formula is C13H8BrF2NO. The molecule has 1 aromatic carbocycles. The lowest BCUT2D eigenvalue weighted by Gasteiger charge is -2.07. The smallest absolute Gasteiger partial charge is 0.200 e. The summed E-state index contributed by atoms with van der Waals surface area (Å²) in [5.41, 5.74) is 0.239. The van der Waals surface area contributed by atoms with E-state index in [1.165, 1.54) is 18.5 Å². The Kier molecular flexibility index (Phi) is 3.52. The van der Waals surface area contributed by atoms with E-state index in [2.05, 4.69) is 20.9 Å². The van der Waals surface area contributed by atoms with E-state index in [0.29, 0.717) is 5.56 Å². The number of aryl methyl sites for hydroxylation is 1. The topological polar surface area (TPSA) is 30.0 Å². The molecule has 0 fully saturated rings. The molecule has 0 radical (unpaired) electrons. The lowest BCUT2D eigenvalue weighted by Crippen LogP contribution is -2.10. The van der Waals surface area contributed by atoms with Crippen LogP contribution in [0.4, 0.5) is 8.78 Å². The number of benzene rings is 1. The Bertz CT molecular complexity index is 628. The van der Waals surface area contributed by atoms with E-state index in [-0.39, 0.29) is 10.0 Å². The molecule has 0 spiro atoms. The molecule has 0 unspecified atom stereocenters. The van der Waals surface area contributed by atoms with Crippen LogP contribution in [0.5, 0.6) is 0 Å². The third-order valence-corrected chi connectivity index (χ3v) is 3.17. The number of pyridine rings is 1. The molecule has 18 heavy (non-hydrogen) atoms. The summed E-state index contributed by atoms with van der Waals surface area (Å²) < 4.78 is 27.4. The number of nitrogens with zero attached hydrogens (tertiary/aromatic N) is 1. The first kappa shape index (κ1) is 12.8. The quantitative estimate of drug-likeness (QED) is 0.626. The normalized spacial score (nSPS) is 10.4. The third-order valence-electron chi connectivity index (χ3n) is 2.55. The highest BCUT2D eigenvalue weighted by Gasteiger charge is 2.22. The molecular weight excluding hydrogens is 304 g/mol. The van der Waals surface area contributed by atoms with E-state index in [1.54, 1.807) is 13.0 Å². The largest absolute Gasteiger partial charge is 0.288 e. The molecule has 0 bridgehead atoms. The van der Waals surface area contributed by atoms with Crippen LogP contribution >= 0.6 is 15.9 Å². The number of hydrogen-bond acceptors (Lipinski definition) is 2. The maximum atomic E-state index is 13.8. The maximum Gasteiger partial charge on any atom is 0.200 e. The fourth-order valence-electron chi connectivity index (χ4n) is 1.57. The predicted molar refractivity (Wildman–Crippen MR) is 66.5 cm³/mol. The van der Waals surface area contributed by atoms with Crippen LogP contribution in [0.1, 0.15) is 21.5 Å². The van der Waals surface area contributed by atoms with Crippen LogP contribution in [0.2, 0.25) is 0 Å². The Labute approximate surface area is 111 Å². The van der Waals surface area contributed by atoms with Gasteiger partial charge in [-0.1, -0.05) is 0 Å². The highest BCUT2D eigenvalue weighted by Crippen LogP contribution is 2.24. The van der Waals surface area contributed by atoms with Crippen molar-refractivity contribution in [2.24, 2.45) is 0 Å². The number of aromatic nitrogens is 1. The van der Waals surface area contributed by atoms with Crippen molar-refractivity contribution in [1.29, 1.82) is 0 Å². The second-order valence-electron chi connectivity index (χ2n) is 3.74. The monoisotopic (exact) mass is 311 g/mol. The Morgan fingerprint density at radius 2 is 2.00 bits per heavy atom. The zero-order chi connectivity index (χ0) is 13.3. The molecule has 0 saturated carbocycles. The van der Waals surface area contributed by atoms with E-state index in [4.69, 9.17) is 0 Å². The average Bonchev–Trinajstić information content (AvgIpc) is 2.35. The van der Waals surface area contributed by atoms with E-state index in [0.717, 1.165) is 6.07 Å². The van der Waals surface area contributed by atoms with Crippen LogP contribution in [-0.4, -0.2) is 10.8 Å². The average molecular weight is 312 g/mol. The van der Waals surface area contributed by atoms with Gasteiger partial charge in [0, 0.05) is 18.0 Å². The molecule has 0 saturated heterocycles. The number of ketones is 1. The highest BCUT2D eigenvalue weighted by molar-refractivity contribution is 9.10. The van der Waals surface area contributed by atoms with Crippen LogP contribution in [0, 0.1) is 18.6 Å². The van der Waals surface area contributed by atoms with Crippen molar-refractivity contribution >= 4 is 21.7 Å². The zero-order valence-electron chi connectivity index (χ0n) is 9.38. The van der Waals surface area contributed by atoms with Gasteiger partial charge in [-0.25, -0.2) is 8.78 Å². The Balaban J connectivity index is 2.61. The van der Waals surface area contributed by atoms with Gasteiger partial charge in [0.25, 0.3) is 0 Å². The van der Waals surface area contributed by atoms with Crippen molar-refractivity contribution in [3.63, 3.8) is 0 Å². The second kappa shape index (κ2) is 4.94. The van der Waals surface area contributed by atoms with Gasteiger partial charge >= 0.3 is 0 Å². The van der Waals surface area contributed by atoms with E-state index < -0.39 is 23.0 Å². The lowest BCUT2D eigenvalue weighted by molar-refractivity contribution is 0.103. The predicted octanol–water partition coefficient (Wildman–Crippen LogP) is 3.66. The van der Waals surface area contributed by atoms with Gasteiger partial charge in [-0.15, -0.1) is 0 Å². The summed E-state index contributed by atoms with van der Waals surface area (Å²) in [6, 6.07) is 3.88. The molecule has 0 aliphatic carbocycles.